The molecule has 0 heterocycles. The maximum atomic E-state index is 3.91. The fourth-order valence-corrected chi connectivity index (χ4v) is 3.78. The van der Waals surface area contributed by atoms with Crippen molar-refractivity contribution in [1.82, 2.24) is 5.32 Å². The van der Waals surface area contributed by atoms with Gasteiger partial charge in [0.05, 0.1) is 0 Å². The highest BCUT2D eigenvalue weighted by molar-refractivity contribution is 7.99. The van der Waals surface area contributed by atoms with Crippen molar-refractivity contribution in [3.8, 4) is 0 Å². The number of hydrogen-bond acceptors (Lipinski definition) is 2. The monoisotopic (exact) mass is 213 g/mol. The summed E-state index contributed by atoms with van der Waals surface area (Å²) in [6.07, 6.45) is 12.2. The van der Waals surface area contributed by atoms with Gasteiger partial charge in [0, 0.05) is 16.8 Å². The summed E-state index contributed by atoms with van der Waals surface area (Å²) in [5.74, 6) is 0. The minimum atomic E-state index is 0.496. The van der Waals surface area contributed by atoms with Gasteiger partial charge in [0.15, 0.2) is 0 Å². The highest BCUT2D eigenvalue weighted by Gasteiger charge is 2.36. The minimum Gasteiger partial charge on any atom is -0.308 e. The van der Waals surface area contributed by atoms with E-state index in [0.29, 0.717) is 5.54 Å². The van der Waals surface area contributed by atoms with E-state index in [0.717, 1.165) is 11.3 Å². The molecule has 2 heteroatoms. The van der Waals surface area contributed by atoms with Crippen LogP contribution in [0.1, 0.15) is 51.9 Å². The van der Waals surface area contributed by atoms with Gasteiger partial charge in [0.2, 0.25) is 0 Å². The maximum absolute atomic E-state index is 3.91. The number of nitrogens with one attached hydrogen (secondary N) is 1. The summed E-state index contributed by atoms with van der Waals surface area (Å²) < 4.78 is 0. The van der Waals surface area contributed by atoms with Gasteiger partial charge in [-0.15, -0.1) is 0 Å². The average molecular weight is 213 g/mol. The smallest absolute Gasteiger partial charge is 0.0198 e. The summed E-state index contributed by atoms with van der Waals surface area (Å²) in [6.45, 7) is 2.41. The van der Waals surface area contributed by atoms with E-state index in [4.69, 9.17) is 0 Å². The van der Waals surface area contributed by atoms with E-state index in [2.05, 4.69) is 30.3 Å². The predicted octanol–water partition coefficient (Wildman–Crippen LogP) is 3.19. The van der Waals surface area contributed by atoms with Gasteiger partial charge in [-0.3, -0.25) is 0 Å². The van der Waals surface area contributed by atoms with E-state index in [-0.39, 0.29) is 0 Å². The van der Waals surface area contributed by atoms with Crippen molar-refractivity contribution < 1.29 is 0 Å². The molecular weight excluding hydrogens is 190 g/mol. The Morgan fingerprint density at radius 2 is 1.86 bits per heavy atom. The third kappa shape index (κ3) is 2.27. The average Bonchev–Trinajstić information content (AvgIpc) is 2.16. The lowest BCUT2D eigenvalue weighted by Gasteiger charge is -2.45. The van der Waals surface area contributed by atoms with Crippen molar-refractivity contribution in [3.05, 3.63) is 0 Å². The van der Waals surface area contributed by atoms with Gasteiger partial charge < -0.3 is 5.32 Å². The highest BCUT2D eigenvalue weighted by atomic mass is 32.2. The number of hydrogen-bond donors (Lipinski definition) is 1. The molecule has 2 atom stereocenters. The second kappa shape index (κ2) is 4.44. The third-order valence-electron chi connectivity index (χ3n) is 4.00. The van der Waals surface area contributed by atoms with Crippen LogP contribution in [0, 0.1) is 0 Å². The molecule has 1 N–H and O–H groups in total. The molecule has 0 radical (unpaired) electrons. The zero-order valence-electron chi connectivity index (χ0n) is 9.51. The zero-order chi connectivity index (χ0) is 10.0. The number of thioether (sulfide) groups is 1. The number of rotatable bonds is 3. The van der Waals surface area contributed by atoms with Gasteiger partial charge in [-0.25, -0.2) is 0 Å². The molecule has 0 bridgehead atoms. The molecule has 2 saturated carbocycles. The molecule has 0 saturated heterocycles. The fraction of sp³-hybridized carbons (Fsp3) is 1.00. The van der Waals surface area contributed by atoms with Crippen LogP contribution >= 0.6 is 11.8 Å². The summed E-state index contributed by atoms with van der Waals surface area (Å²) in [5.41, 5.74) is 0.496. The van der Waals surface area contributed by atoms with Gasteiger partial charge in [-0.05, 0) is 45.3 Å². The van der Waals surface area contributed by atoms with Crippen LogP contribution < -0.4 is 5.32 Å². The summed E-state index contributed by atoms with van der Waals surface area (Å²) in [7, 11) is 0. The minimum absolute atomic E-state index is 0.496. The van der Waals surface area contributed by atoms with E-state index in [1.165, 1.54) is 44.9 Å². The molecule has 0 aliphatic heterocycles. The molecule has 0 amide bonds. The van der Waals surface area contributed by atoms with Crippen molar-refractivity contribution in [1.29, 1.82) is 0 Å². The van der Waals surface area contributed by atoms with Crippen LogP contribution in [0.3, 0.4) is 0 Å². The second-order valence-corrected chi connectivity index (χ2v) is 6.30. The van der Waals surface area contributed by atoms with Crippen molar-refractivity contribution in [2.45, 2.75) is 68.7 Å². The molecule has 0 aromatic carbocycles. The molecule has 0 spiro atoms. The van der Waals surface area contributed by atoms with Crippen LogP contribution in [-0.2, 0) is 0 Å². The van der Waals surface area contributed by atoms with Crippen molar-refractivity contribution in [3.63, 3.8) is 0 Å². The van der Waals surface area contributed by atoms with E-state index in [1.807, 2.05) is 0 Å². The van der Waals surface area contributed by atoms with Gasteiger partial charge in [-0.1, -0.05) is 12.8 Å². The van der Waals surface area contributed by atoms with Gasteiger partial charge >= 0.3 is 0 Å². The summed E-state index contributed by atoms with van der Waals surface area (Å²) in [4.78, 5) is 0. The first-order chi connectivity index (χ1) is 6.73. The van der Waals surface area contributed by atoms with Gasteiger partial charge in [0.1, 0.15) is 0 Å². The van der Waals surface area contributed by atoms with E-state index in [1.54, 1.807) is 0 Å². The topological polar surface area (TPSA) is 12.0 Å². The Balaban J connectivity index is 1.87. The van der Waals surface area contributed by atoms with E-state index in [9.17, 15) is 0 Å². The van der Waals surface area contributed by atoms with E-state index < -0.39 is 0 Å². The molecule has 2 aliphatic rings. The molecule has 2 aliphatic carbocycles. The normalized spacial score (nSPS) is 36.4. The predicted molar refractivity (Wildman–Crippen MR) is 65.0 cm³/mol. The molecule has 2 rings (SSSR count). The Hall–Kier alpha value is 0.310. The van der Waals surface area contributed by atoms with Crippen molar-refractivity contribution in [2.75, 3.05) is 6.26 Å². The van der Waals surface area contributed by atoms with Gasteiger partial charge in [0.25, 0.3) is 0 Å². The first kappa shape index (κ1) is 10.8. The van der Waals surface area contributed by atoms with Gasteiger partial charge in [-0.2, -0.15) is 11.8 Å². The summed E-state index contributed by atoms with van der Waals surface area (Å²) in [6, 6.07) is 0.795. The second-order valence-electron chi connectivity index (χ2n) is 5.22. The quantitative estimate of drug-likeness (QED) is 0.772. The molecule has 0 aromatic heterocycles. The molecule has 2 fully saturated rings. The maximum Gasteiger partial charge on any atom is 0.0198 e. The lowest BCUT2D eigenvalue weighted by molar-refractivity contribution is 0.170. The molecule has 82 valence electrons. The van der Waals surface area contributed by atoms with Crippen LogP contribution in [-0.4, -0.2) is 23.1 Å². The highest BCUT2D eigenvalue weighted by Crippen LogP contribution is 2.35. The molecule has 2 unspecified atom stereocenters. The Bertz CT molecular complexity index is 189. The zero-order valence-corrected chi connectivity index (χ0v) is 10.3. The van der Waals surface area contributed by atoms with E-state index >= 15 is 0 Å². The first-order valence-corrected chi connectivity index (χ1v) is 7.33. The largest absolute Gasteiger partial charge is 0.308 e. The first-order valence-electron chi connectivity index (χ1n) is 6.04. The SMILES string of the molecule is CSC1CCCCC1NC1(C)CCC1. The molecule has 1 nitrogen and oxygen atoms in total. The Kier molecular flexibility index (Phi) is 3.43. The molecule has 0 aromatic rings. The fourth-order valence-electron chi connectivity index (χ4n) is 2.84. The molecular formula is C12H23NS. The Morgan fingerprint density at radius 1 is 1.14 bits per heavy atom. The van der Waals surface area contributed by atoms with Crippen LogP contribution in [0.2, 0.25) is 0 Å². The third-order valence-corrected chi connectivity index (χ3v) is 5.17. The molecule has 14 heavy (non-hydrogen) atoms. The standard InChI is InChI=1S/C12H23NS/c1-12(8-5-9-12)13-10-6-3-4-7-11(10)14-2/h10-11,13H,3-9H2,1-2H3. The van der Waals surface area contributed by atoms with Crippen molar-refractivity contribution >= 4 is 11.8 Å². The van der Waals surface area contributed by atoms with Crippen LogP contribution in [0.15, 0.2) is 0 Å². The van der Waals surface area contributed by atoms with Crippen molar-refractivity contribution in [2.24, 2.45) is 0 Å². The summed E-state index contributed by atoms with van der Waals surface area (Å²) >= 11 is 2.07. The lowest BCUT2D eigenvalue weighted by atomic mass is 9.77. The van der Waals surface area contributed by atoms with Crippen LogP contribution in [0.4, 0.5) is 0 Å². The Labute approximate surface area is 92.4 Å². The van der Waals surface area contributed by atoms with Crippen LogP contribution in [0.25, 0.3) is 0 Å². The summed E-state index contributed by atoms with van der Waals surface area (Å²) in [5, 5.41) is 4.79. The van der Waals surface area contributed by atoms with Crippen LogP contribution in [0.5, 0.6) is 0 Å². The Morgan fingerprint density at radius 3 is 2.43 bits per heavy atom. The lowest BCUT2D eigenvalue weighted by Crippen LogP contribution is -2.56.